The van der Waals surface area contributed by atoms with Gasteiger partial charge in [0.15, 0.2) is 17.9 Å². The first-order valence-electron chi connectivity index (χ1n) is 11.0. The summed E-state index contributed by atoms with van der Waals surface area (Å²) in [6, 6.07) is 5.86. The third kappa shape index (κ3) is 4.98. The average Bonchev–Trinajstić information content (AvgIpc) is 3.28. The Bertz CT molecular complexity index is 1240. The molecule has 0 amide bonds. The van der Waals surface area contributed by atoms with Crippen LogP contribution in [0.1, 0.15) is 31.3 Å². The van der Waals surface area contributed by atoms with Gasteiger partial charge in [0.2, 0.25) is 5.95 Å². The van der Waals surface area contributed by atoms with Crippen molar-refractivity contribution in [3.8, 4) is 11.4 Å². The van der Waals surface area contributed by atoms with E-state index in [9.17, 15) is 8.42 Å². The van der Waals surface area contributed by atoms with Crippen LogP contribution in [0.5, 0.6) is 0 Å². The van der Waals surface area contributed by atoms with Gasteiger partial charge in [0.25, 0.3) is 10.1 Å². The molecule has 2 aromatic heterocycles. The summed E-state index contributed by atoms with van der Waals surface area (Å²) in [5.74, 6) is 1.15. The molecule has 3 aromatic rings. The minimum Gasteiger partial charge on any atom is -0.378 e. The highest BCUT2D eigenvalue weighted by atomic mass is 32.2. The van der Waals surface area contributed by atoms with E-state index in [0.29, 0.717) is 38.1 Å². The van der Waals surface area contributed by atoms with Gasteiger partial charge in [-0.05, 0) is 25.3 Å². The number of hydrogen-bond acceptors (Lipinski definition) is 10. The standard InChI is InChI=1S/C21H26N6O5S/c1-33(28,29)32-14-18-23-20(25-21(24-18)26-8-11-30-12-9-26)15-5-4-6-17-16(15)13-22-27(17)19-7-2-3-10-31-19/h4-6,13,19H,2-3,7-12,14H2,1H3. The number of rotatable bonds is 6. The monoisotopic (exact) mass is 474 g/mol. The van der Waals surface area contributed by atoms with Crippen molar-refractivity contribution in [2.75, 3.05) is 44.1 Å². The molecule has 1 atom stereocenters. The fraction of sp³-hybridized carbons (Fsp3) is 0.524. The maximum absolute atomic E-state index is 11.5. The van der Waals surface area contributed by atoms with E-state index in [1.807, 2.05) is 27.8 Å². The Balaban J connectivity index is 1.56. The quantitative estimate of drug-likeness (QED) is 0.490. The lowest BCUT2D eigenvalue weighted by Crippen LogP contribution is -2.37. The number of ether oxygens (including phenoxy) is 2. The third-order valence-electron chi connectivity index (χ3n) is 5.68. The zero-order valence-electron chi connectivity index (χ0n) is 18.4. The number of morpholine rings is 1. The average molecular weight is 475 g/mol. The topological polar surface area (TPSA) is 122 Å². The molecule has 0 bridgehead atoms. The number of benzene rings is 1. The van der Waals surface area contributed by atoms with E-state index in [-0.39, 0.29) is 18.7 Å². The van der Waals surface area contributed by atoms with Crippen molar-refractivity contribution in [3.05, 3.63) is 30.2 Å². The number of fused-ring (bicyclic) bond motifs is 1. The fourth-order valence-electron chi connectivity index (χ4n) is 4.07. The molecule has 0 radical (unpaired) electrons. The van der Waals surface area contributed by atoms with Crippen LogP contribution < -0.4 is 4.90 Å². The lowest BCUT2D eigenvalue weighted by molar-refractivity contribution is -0.0366. The second kappa shape index (κ2) is 9.29. The second-order valence-electron chi connectivity index (χ2n) is 8.09. The summed E-state index contributed by atoms with van der Waals surface area (Å²) in [4.78, 5) is 15.7. The molecule has 2 aliphatic rings. The van der Waals surface area contributed by atoms with E-state index in [1.165, 1.54) is 0 Å². The van der Waals surface area contributed by atoms with Crippen molar-refractivity contribution in [3.63, 3.8) is 0 Å². The number of anilines is 1. The van der Waals surface area contributed by atoms with Crippen LogP contribution in [0.2, 0.25) is 0 Å². The normalized spacial score (nSPS) is 19.8. The molecule has 2 aliphatic heterocycles. The number of aromatic nitrogens is 5. The molecular weight excluding hydrogens is 448 g/mol. The molecule has 2 fully saturated rings. The first-order valence-corrected chi connectivity index (χ1v) is 12.8. The largest absolute Gasteiger partial charge is 0.378 e. The molecule has 0 saturated carbocycles. The van der Waals surface area contributed by atoms with Crippen LogP contribution in [0.3, 0.4) is 0 Å². The van der Waals surface area contributed by atoms with Gasteiger partial charge in [-0.3, -0.25) is 4.18 Å². The highest BCUT2D eigenvalue weighted by molar-refractivity contribution is 7.85. The Kier molecular flexibility index (Phi) is 6.23. The van der Waals surface area contributed by atoms with E-state index in [1.54, 1.807) is 6.20 Å². The second-order valence-corrected chi connectivity index (χ2v) is 9.73. The predicted molar refractivity (Wildman–Crippen MR) is 120 cm³/mol. The highest BCUT2D eigenvalue weighted by Gasteiger charge is 2.22. The van der Waals surface area contributed by atoms with Crippen molar-refractivity contribution in [1.82, 2.24) is 24.7 Å². The van der Waals surface area contributed by atoms with Crippen molar-refractivity contribution in [2.45, 2.75) is 32.1 Å². The summed E-state index contributed by atoms with van der Waals surface area (Å²) in [6.07, 6.45) is 5.79. The molecule has 12 heteroatoms. The summed E-state index contributed by atoms with van der Waals surface area (Å²) < 4.78 is 41.3. The Labute approximate surface area is 191 Å². The van der Waals surface area contributed by atoms with Gasteiger partial charge in [0.05, 0.1) is 31.2 Å². The zero-order valence-corrected chi connectivity index (χ0v) is 19.2. The van der Waals surface area contributed by atoms with Gasteiger partial charge in [-0.15, -0.1) is 0 Å². The Morgan fingerprint density at radius 1 is 1.12 bits per heavy atom. The molecule has 2 saturated heterocycles. The lowest BCUT2D eigenvalue weighted by Gasteiger charge is -2.27. The first-order chi connectivity index (χ1) is 16.0. The van der Waals surface area contributed by atoms with Crippen molar-refractivity contribution >= 4 is 27.0 Å². The first kappa shape index (κ1) is 22.1. The number of hydrogen-bond donors (Lipinski definition) is 0. The van der Waals surface area contributed by atoms with Crippen LogP contribution in [-0.2, 0) is 30.4 Å². The van der Waals surface area contributed by atoms with Gasteiger partial charge in [-0.2, -0.15) is 23.5 Å². The van der Waals surface area contributed by atoms with Gasteiger partial charge in [0, 0.05) is 30.6 Å². The number of nitrogens with zero attached hydrogens (tertiary/aromatic N) is 6. The van der Waals surface area contributed by atoms with E-state index in [0.717, 1.165) is 48.6 Å². The van der Waals surface area contributed by atoms with E-state index in [4.69, 9.17) is 18.6 Å². The van der Waals surface area contributed by atoms with Crippen LogP contribution in [0.4, 0.5) is 5.95 Å². The van der Waals surface area contributed by atoms with Gasteiger partial charge >= 0.3 is 0 Å². The molecule has 0 spiro atoms. The van der Waals surface area contributed by atoms with E-state index >= 15 is 0 Å². The van der Waals surface area contributed by atoms with Gasteiger partial charge in [-0.25, -0.2) is 9.67 Å². The summed E-state index contributed by atoms with van der Waals surface area (Å²) in [6.45, 7) is 2.87. The van der Waals surface area contributed by atoms with Gasteiger partial charge < -0.3 is 14.4 Å². The summed E-state index contributed by atoms with van der Waals surface area (Å²) >= 11 is 0. The third-order valence-corrected chi connectivity index (χ3v) is 6.22. The summed E-state index contributed by atoms with van der Waals surface area (Å²) in [5.41, 5.74) is 1.72. The van der Waals surface area contributed by atoms with Crippen molar-refractivity contribution < 1.29 is 22.1 Å². The van der Waals surface area contributed by atoms with Crippen LogP contribution in [0.15, 0.2) is 24.4 Å². The van der Waals surface area contributed by atoms with Crippen LogP contribution in [-0.4, -0.2) is 72.3 Å². The summed E-state index contributed by atoms with van der Waals surface area (Å²) in [7, 11) is -3.64. The van der Waals surface area contributed by atoms with Crippen molar-refractivity contribution in [2.24, 2.45) is 0 Å². The van der Waals surface area contributed by atoms with Crippen LogP contribution >= 0.6 is 0 Å². The van der Waals surface area contributed by atoms with E-state index in [2.05, 4.69) is 15.1 Å². The smallest absolute Gasteiger partial charge is 0.264 e. The molecule has 0 aliphatic carbocycles. The van der Waals surface area contributed by atoms with Crippen LogP contribution in [0, 0.1) is 0 Å². The summed E-state index contributed by atoms with van der Waals surface area (Å²) in [5, 5.41) is 5.49. The molecule has 1 unspecified atom stereocenters. The van der Waals surface area contributed by atoms with Gasteiger partial charge in [-0.1, -0.05) is 12.1 Å². The minimum absolute atomic E-state index is 0.0903. The highest BCUT2D eigenvalue weighted by Crippen LogP contribution is 2.31. The van der Waals surface area contributed by atoms with E-state index < -0.39 is 10.1 Å². The molecule has 11 nitrogen and oxygen atoms in total. The molecule has 1 aromatic carbocycles. The zero-order chi connectivity index (χ0) is 22.8. The van der Waals surface area contributed by atoms with Crippen LogP contribution in [0.25, 0.3) is 22.3 Å². The Morgan fingerprint density at radius 2 is 1.97 bits per heavy atom. The maximum Gasteiger partial charge on any atom is 0.264 e. The minimum atomic E-state index is -3.64. The lowest BCUT2D eigenvalue weighted by atomic mass is 10.1. The molecule has 5 rings (SSSR count). The fourth-order valence-corrected chi connectivity index (χ4v) is 4.39. The molecular formula is C21H26N6O5S. The molecule has 33 heavy (non-hydrogen) atoms. The predicted octanol–water partition coefficient (Wildman–Crippen LogP) is 1.90. The maximum atomic E-state index is 11.5. The Morgan fingerprint density at radius 3 is 2.73 bits per heavy atom. The van der Waals surface area contributed by atoms with Gasteiger partial charge in [0.1, 0.15) is 6.61 Å². The molecule has 176 valence electrons. The SMILES string of the molecule is CS(=O)(=O)OCc1nc(-c2cccc3c2cnn3C2CCCCO2)nc(N2CCOCC2)n1. The molecule has 0 N–H and O–H groups in total. The molecule has 4 heterocycles. The van der Waals surface area contributed by atoms with Crippen molar-refractivity contribution in [1.29, 1.82) is 0 Å². The Hall–Kier alpha value is -2.67.